The molecule has 0 aromatic heterocycles. The lowest BCUT2D eigenvalue weighted by Crippen LogP contribution is -2.59. The summed E-state index contributed by atoms with van der Waals surface area (Å²) >= 11 is 0. The average molecular weight is 313 g/mol. The highest BCUT2D eigenvalue weighted by Gasteiger charge is 2.53. The van der Waals surface area contributed by atoms with Gasteiger partial charge in [-0.2, -0.15) is 0 Å². The highest BCUT2D eigenvalue weighted by atomic mass is 32.3. The lowest BCUT2D eigenvalue weighted by molar-refractivity contribution is -0.137. The Labute approximate surface area is 122 Å². The fraction of sp³-hybridized carbons (Fsp3) is 0.500. The number of carboxylic acid groups (broad SMARTS) is 1. The van der Waals surface area contributed by atoms with E-state index in [9.17, 15) is 19.5 Å². The van der Waals surface area contributed by atoms with Crippen molar-refractivity contribution in [1.82, 2.24) is 9.62 Å². The second kappa shape index (κ2) is 5.06. The van der Waals surface area contributed by atoms with E-state index in [4.69, 9.17) is 4.84 Å². The molecule has 0 spiro atoms. The number of hydrogen-bond donors (Lipinski definition) is 2. The van der Waals surface area contributed by atoms with Crippen LogP contribution >= 0.6 is 10.2 Å². The molecule has 2 heterocycles. The molecular formula is C12H15N3O5S. The molecule has 8 nitrogen and oxygen atoms in total. The van der Waals surface area contributed by atoms with Crippen molar-refractivity contribution in [3.8, 4) is 0 Å². The van der Waals surface area contributed by atoms with Crippen molar-refractivity contribution in [2.45, 2.75) is 30.7 Å². The zero-order chi connectivity index (χ0) is 15.0. The van der Waals surface area contributed by atoms with Gasteiger partial charge in [-0.1, -0.05) is 11.2 Å². The topological polar surface area (TPSA) is 108 Å². The van der Waals surface area contributed by atoms with E-state index in [1.165, 1.54) is 4.90 Å². The fourth-order valence-electron chi connectivity index (χ4n) is 2.22. The van der Waals surface area contributed by atoms with Crippen molar-refractivity contribution in [2.75, 3.05) is 5.75 Å². The van der Waals surface area contributed by atoms with Crippen LogP contribution in [0.4, 0.5) is 4.79 Å². The maximum atomic E-state index is 11.9. The normalized spacial score (nSPS) is 33.8. The van der Waals surface area contributed by atoms with Crippen molar-refractivity contribution in [2.24, 2.45) is 5.16 Å². The van der Waals surface area contributed by atoms with Crippen LogP contribution in [-0.2, 0) is 14.4 Å². The van der Waals surface area contributed by atoms with E-state index in [1.807, 2.05) is 0 Å². The third kappa shape index (κ3) is 2.48. The van der Waals surface area contributed by atoms with Crippen LogP contribution in [0.5, 0.6) is 0 Å². The predicted molar refractivity (Wildman–Crippen MR) is 75.6 cm³/mol. The monoisotopic (exact) mass is 313 g/mol. The Balaban J connectivity index is 1.70. The van der Waals surface area contributed by atoms with E-state index in [2.05, 4.69) is 9.88 Å². The fourth-order valence-corrected chi connectivity index (χ4v) is 4.93. The third-order valence-electron chi connectivity index (χ3n) is 3.54. The summed E-state index contributed by atoms with van der Waals surface area (Å²) in [4.78, 5) is 41.4. The number of amides is 2. The van der Waals surface area contributed by atoms with E-state index >= 15 is 0 Å². The van der Waals surface area contributed by atoms with Crippen molar-refractivity contribution in [3.05, 3.63) is 12.3 Å². The van der Waals surface area contributed by atoms with Gasteiger partial charge in [0.1, 0.15) is 17.7 Å². The van der Waals surface area contributed by atoms with E-state index in [0.29, 0.717) is 0 Å². The van der Waals surface area contributed by atoms with Gasteiger partial charge in [-0.05, 0) is 23.1 Å². The Morgan fingerprint density at radius 3 is 2.90 bits per heavy atom. The average Bonchev–Trinajstić information content (AvgIpc) is 3.23. The highest BCUT2D eigenvalue weighted by Crippen LogP contribution is 2.57. The predicted octanol–water partition coefficient (Wildman–Crippen LogP) is 0.751. The van der Waals surface area contributed by atoms with Gasteiger partial charge < -0.3 is 19.6 Å². The maximum Gasteiger partial charge on any atom is 0.366 e. The van der Waals surface area contributed by atoms with Crippen LogP contribution in [0.2, 0.25) is 0 Å². The number of nitrogens with one attached hydrogen (secondary N) is 1. The molecule has 3 rings (SSSR count). The first kappa shape index (κ1) is 13.9. The molecule has 9 heteroatoms. The molecule has 2 aliphatic heterocycles. The van der Waals surface area contributed by atoms with Crippen LogP contribution in [0.1, 0.15) is 19.3 Å². The molecule has 3 aliphatic rings. The number of rotatable bonds is 3. The molecule has 1 saturated carbocycles. The lowest BCUT2D eigenvalue weighted by atomic mass is 10.2. The van der Waals surface area contributed by atoms with Gasteiger partial charge >= 0.3 is 5.30 Å². The zero-order valence-electron chi connectivity index (χ0n) is 11.1. The van der Waals surface area contributed by atoms with Crippen LogP contribution in [0, 0.1) is 0 Å². The summed E-state index contributed by atoms with van der Waals surface area (Å²) in [7, 11) is -2.53. The molecule has 2 fully saturated rings. The number of carbonyl (C=O) groups is 3. The molecule has 0 aromatic rings. The Hall–Kier alpha value is -2.03. The van der Waals surface area contributed by atoms with E-state index in [0.717, 1.165) is 19.1 Å². The number of nitrogens with zero attached hydrogens (tertiary/aromatic N) is 2. The molecule has 2 amide bonds. The molecule has 114 valence electrons. The van der Waals surface area contributed by atoms with Crippen LogP contribution in [-0.4, -0.2) is 50.6 Å². The second-order valence-corrected chi connectivity index (χ2v) is 8.09. The smallest absolute Gasteiger partial charge is 0.366 e. The quantitative estimate of drug-likeness (QED) is 0.454. The summed E-state index contributed by atoms with van der Waals surface area (Å²) in [5.74, 6) is -0.531. The van der Waals surface area contributed by atoms with Crippen LogP contribution < -0.4 is 4.72 Å². The Morgan fingerprint density at radius 1 is 1.52 bits per heavy atom. The van der Waals surface area contributed by atoms with Crippen LogP contribution in [0.15, 0.2) is 17.4 Å². The molecular weight excluding hydrogens is 298 g/mol. The first-order valence-corrected chi connectivity index (χ1v) is 8.41. The number of hydrogen-bond acceptors (Lipinski definition) is 5. The summed E-state index contributed by atoms with van der Waals surface area (Å²) in [5.41, 5.74) is 0. The molecule has 0 aromatic carbocycles. The van der Waals surface area contributed by atoms with Crippen LogP contribution in [0.25, 0.3) is 0 Å². The van der Waals surface area contributed by atoms with Gasteiger partial charge in [0.15, 0.2) is 0 Å². The minimum atomic E-state index is -2.53. The summed E-state index contributed by atoms with van der Waals surface area (Å²) in [6, 6.07) is 0. The van der Waals surface area contributed by atoms with E-state index < -0.39 is 26.8 Å². The summed E-state index contributed by atoms with van der Waals surface area (Å²) in [6.45, 7) is 0. The van der Waals surface area contributed by atoms with Crippen LogP contribution in [0.3, 0.4) is 0 Å². The van der Waals surface area contributed by atoms with E-state index in [-0.39, 0.29) is 24.2 Å². The molecule has 1 aliphatic carbocycles. The minimum Gasteiger partial charge on any atom is -0.473 e. The highest BCUT2D eigenvalue weighted by molar-refractivity contribution is 8.44. The second-order valence-electron chi connectivity index (χ2n) is 5.08. The minimum absolute atomic E-state index is 0.0761. The maximum absolute atomic E-state index is 11.9. The number of carbonyl (C=O) groups excluding carboxylic acids is 2. The molecule has 0 bridgehead atoms. The van der Waals surface area contributed by atoms with Gasteiger partial charge in [-0.15, -0.1) is 0 Å². The Kier molecular flexibility index (Phi) is 3.36. The van der Waals surface area contributed by atoms with Crippen molar-refractivity contribution in [1.29, 1.82) is 0 Å². The number of β-lactam (4-membered cyclic amide) rings is 1. The first-order chi connectivity index (χ1) is 10.0. The van der Waals surface area contributed by atoms with Gasteiger partial charge in [0.2, 0.25) is 5.91 Å². The van der Waals surface area contributed by atoms with Gasteiger partial charge in [0.05, 0.1) is 6.42 Å². The molecule has 0 radical (unpaired) electrons. The SMILES string of the molecule is O=C(/C=N/OC1CC1)NS1(C(=O)O)CC=CN2C(=O)CC21. The molecule has 21 heavy (non-hydrogen) atoms. The summed E-state index contributed by atoms with van der Waals surface area (Å²) in [5, 5.41) is 11.5. The van der Waals surface area contributed by atoms with Gasteiger partial charge in [0.25, 0.3) is 5.91 Å². The standard InChI is InChI=1S/C12H15N3O5S/c16-9(7-13-20-8-2-3-8)14-21(12(18)19)5-1-4-15-10(17)6-11(15)21/h1,4,7-8,11H,2-3,5-6H2,(H,14,16)(H,18,19)/b13-7+. The van der Waals surface area contributed by atoms with Gasteiger partial charge in [0, 0.05) is 12.0 Å². The Bertz CT molecular complexity index is 559. The molecule has 2 atom stereocenters. The zero-order valence-corrected chi connectivity index (χ0v) is 11.9. The third-order valence-corrected chi connectivity index (χ3v) is 6.77. The largest absolute Gasteiger partial charge is 0.473 e. The van der Waals surface area contributed by atoms with Gasteiger partial charge in [-0.3, -0.25) is 9.59 Å². The van der Waals surface area contributed by atoms with Crippen molar-refractivity contribution < 1.29 is 24.3 Å². The summed E-state index contributed by atoms with van der Waals surface area (Å²) < 4.78 is 2.55. The van der Waals surface area contributed by atoms with E-state index in [1.54, 1.807) is 12.3 Å². The van der Waals surface area contributed by atoms with Crippen molar-refractivity contribution >= 4 is 33.5 Å². The van der Waals surface area contributed by atoms with Gasteiger partial charge in [-0.25, -0.2) is 4.79 Å². The molecule has 2 unspecified atom stereocenters. The summed E-state index contributed by atoms with van der Waals surface area (Å²) in [6.07, 6.45) is 6.21. The van der Waals surface area contributed by atoms with Crippen molar-refractivity contribution in [3.63, 3.8) is 0 Å². The first-order valence-electron chi connectivity index (χ1n) is 6.54. The lowest BCUT2D eigenvalue weighted by Gasteiger charge is -2.53. The molecule has 1 saturated heterocycles. The molecule has 2 N–H and O–H groups in total. The Morgan fingerprint density at radius 2 is 2.29 bits per heavy atom. The number of oxime groups is 1. The number of fused-ring (bicyclic) bond motifs is 1.